The number of hydrogen-bond acceptors (Lipinski definition) is 2. The maximum Gasteiger partial charge on any atom is 0.125 e. The Hall–Kier alpha value is -1.78. The molecule has 0 radical (unpaired) electrons. The van der Waals surface area contributed by atoms with Crippen LogP contribution in [-0.2, 0) is 6.42 Å². The molecule has 2 nitrogen and oxygen atoms in total. The Morgan fingerprint density at radius 2 is 1.95 bits per heavy atom. The molecule has 1 aliphatic heterocycles. The van der Waals surface area contributed by atoms with Crippen LogP contribution in [0.1, 0.15) is 5.56 Å². The summed E-state index contributed by atoms with van der Waals surface area (Å²) < 4.78 is 15.6. The van der Waals surface area contributed by atoms with E-state index in [2.05, 4.69) is 47.4 Å². The first kappa shape index (κ1) is 13.9. The van der Waals surface area contributed by atoms with Gasteiger partial charge in [0.05, 0.1) is 5.52 Å². The van der Waals surface area contributed by atoms with Crippen LogP contribution in [0.4, 0.5) is 4.39 Å². The Morgan fingerprint density at radius 1 is 1.09 bits per heavy atom. The summed E-state index contributed by atoms with van der Waals surface area (Å²) in [5.41, 5.74) is 4.74. The highest BCUT2D eigenvalue weighted by Crippen LogP contribution is 2.44. The maximum absolute atomic E-state index is 13.5. The molecule has 0 saturated carbocycles. The first-order valence-electron chi connectivity index (χ1n) is 7.39. The van der Waals surface area contributed by atoms with Crippen LogP contribution in [0.2, 0.25) is 0 Å². The second-order valence-corrected chi connectivity index (χ2v) is 7.02. The summed E-state index contributed by atoms with van der Waals surface area (Å²) in [4.78, 5) is 3.45. The number of aromatic nitrogens is 1. The molecule has 0 saturated heterocycles. The van der Waals surface area contributed by atoms with E-state index in [0.717, 1.165) is 23.9 Å². The zero-order valence-corrected chi connectivity index (χ0v) is 13.5. The van der Waals surface area contributed by atoms with Gasteiger partial charge >= 0.3 is 0 Å². The zero-order valence-electron chi connectivity index (χ0n) is 12.6. The van der Waals surface area contributed by atoms with Crippen molar-refractivity contribution in [1.82, 2.24) is 8.87 Å². The van der Waals surface area contributed by atoms with E-state index >= 15 is 0 Å². The molecule has 0 unspecified atom stereocenters. The van der Waals surface area contributed by atoms with Gasteiger partial charge in [-0.3, -0.25) is 3.97 Å². The van der Waals surface area contributed by atoms with Crippen LogP contribution in [0.5, 0.6) is 0 Å². The molecular weight excluding hydrogens is 295 g/mol. The topological polar surface area (TPSA) is 8.17 Å². The Labute approximate surface area is 133 Å². The van der Waals surface area contributed by atoms with Gasteiger partial charge in [-0.25, -0.2) is 4.39 Å². The minimum Gasteiger partial charge on any atom is -0.309 e. The lowest BCUT2D eigenvalue weighted by atomic mass is 10.0. The Kier molecular flexibility index (Phi) is 3.24. The number of benzene rings is 2. The smallest absolute Gasteiger partial charge is 0.125 e. The Morgan fingerprint density at radius 3 is 2.77 bits per heavy atom. The second-order valence-electron chi connectivity index (χ2n) is 6.01. The van der Waals surface area contributed by atoms with Crippen molar-refractivity contribution in [2.75, 3.05) is 20.6 Å². The number of likely N-dealkylation sites (N-methyl/N-ethyl adjacent to an activating group) is 1. The predicted molar refractivity (Wildman–Crippen MR) is 90.8 cm³/mol. The van der Waals surface area contributed by atoms with Gasteiger partial charge in [0.2, 0.25) is 0 Å². The van der Waals surface area contributed by atoms with E-state index in [1.165, 1.54) is 27.7 Å². The molecule has 0 amide bonds. The van der Waals surface area contributed by atoms with Crippen molar-refractivity contribution in [2.24, 2.45) is 0 Å². The SMILES string of the molecule is CN(C)CCc1ccc2c(c1)Sn1cc-2c2ccc(F)cc21. The standard InChI is InChI=1S/C18H17FN2S/c1-20(2)8-7-12-3-5-15-16-11-21(22-18(15)9-12)17-10-13(19)4-6-14(16)17/h3-6,9-11H,7-8H2,1-2H3. The summed E-state index contributed by atoms with van der Waals surface area (Å²) in [6.07, 6.45) is 3.15. The fraction of sp³-hybridized carbons (Fsp3) is 0.222. The lowest BCUT2D eigenvalue weighted by Gasteiger charge is -2.15. The third-order valence-corrected chi connectivity index (χ3v) is 5.15. The monoisotopic (exact) mass is 312 g/mol. The van der Waals surface area contributed by atoms with Crippen molar-refractivity contribution < 1.29 is 4.39 Å². The summed E-state index contributed by atoms with van der Waals surface area (Å²) >= 11 is 1.68. The molecule has 0 atom stereocenters. The molecule has 22 heavy (non-hydrogen) atoms. The number of rotatable bonds is 3. The van der Waals surface area contributed by atoms with Gasteiger partial charge in [0, 0.05) is 28.6 Å². The lowest BCUT2D eigenvalue weighted by molar-refractivity contribution is 0.413. The summed E-state index contributed by atoms with van der Waals surface area (Å²) in [5.74, 6) is -0.184. The van der Waals surface area contributed by atoms with Crippen molar-refractivity contribution in [3.8, 4) is 11.1 Å². The van der Waals surface area contributed by atoms with Crippen LogP contribution in [-0.4, -0.2) is 29.5 Å². The van der Waals surface area contributed by atoms with Crippen LogP contribution in [0.3, 0.4) is 0 Å². The Balaban J connectivity index is 1.78. The number of halogens is 1. The maximum atomic E-state index is 13.5. The van der Waals surface area contributed by atoms with Gasteiger partial charge in [-0.15, -0.1) is 0 Å². The van der Waals surface area contributed by atoms with Gasteiger partial charge in [0.1, 0.15) is 5.82 Å². The highest BCUT2D eigenvalue weighted by molar-refractivity contribution is 7.98. The summed E-state index contributed by atoms with van der Waals surface area (Å²) in [5, 5.41) is 1.12. The second kappa shape index (κ2) is 5.14. The summed E-state index contributed by atoms with van der Waals surface area (Å²) in [6, 6.07) is 11.7. The van der Waals surface area contributed by atoms with E-state index in [1.54, 1.807) is 18.0 Å². The van der Waals surface area contributed by atoms with E-state index < -0.39 is 0 Å². The molecule has 4 heteroatoms. The zero-order chi connectivity index (χ0) is 15.3. The van der Waals surface area contributed by atoms with Gasteiger partial charge in [0.15, 0.2) is 0 Å². The molecule has 0 spiro atoms. The van der Waals surface area contributed by atoms with E-state index in [1.807, 2.05) is 6.07 Å². The Bertz CT molecular complexity index is 867. The van der Waals surface area contributed by atoms with Crippen LogP contribution in [0.25, 0.3) is 22.0 Å². The van der Waals surface area contributed by atoms with Crippen LogP contribution < -0.4 is 0 Å². The third kappa shape index (κ3) is 2.23. The van der Waals surface area contributed by atoms with Gasteiger partial charge in [0.25, 0.3) is 0 Å². The quantitative estimate of drug-likeness (QED) is 0.553. The van der Waals surface area contributed by atoms with Gasteiger partial charge in [-0.1, -0.05) is 12.1 Å². The van der Waals surface area contributed by atoms with Crippen molar-refractivity contribution >= 4 is 22.9 Å². The number of fused-ring (bicyclic) bond motifs is 7. The van der Waals surface area contributed by atoms with E-state index in [4.69, 9.17) is 0 Å². The predicted octanol–water partition coefficient (Wildman–Crippen LogP) is 4.42. The van der Waals surface area contributed by atoms with Crippen molar-refractivity contribution in [2.45, 2.75) is 11.3 Å². The van der Waals surface area contributed by atoms with E-state index in [9.17, 15) is 4.39 Å². The van der Waals surface area contributed by atoms with E-state index in [-0.39, 0.29) is 5.82 Å². The van der Waals surface area contributed by atoms with Gasteiger partial charge in [-0.05, 0) is 67.9 Å². The molecule has 112 valence electrons. The van der Waals surface area contributed by atoms with E-state index in [0.29, 0.717) is 0 Å². The average molecular weight is 312 g/mol. The first-order chi connectivity index (χ1) is 10.6. The van der Waals surface area contributed by atoms with Crippen molar-refractivity contribution in [3.63, 3.8) is 0 Å². The number of nitrogens with zero attached hydrogens (tertiary/aromatic N) is 2. The third-order valence-electron chi connectivity index (χ3n) is 4.11. The van der Waals surface area contributed by atoms with Gasteiger partial charge in [-0.2, -0.15) is 0 Å². The average Bonchev–Trinajstić information content (AvgIpc) is 2.78. The molecule has 2 heterocycles. The molecule has 3 aromatic rings. The summed E-state index contributed by atoms with van der Waals surface area (Å²) in [7, 11) is 4.18. The first-order valence-corrected chi connectivity index (χ1v) is 8.16. The van der Waals surface area contributed by atoms with Crippen LogP contribution in [0.15, 0.2) is 47.5 Å². The van der Waals surface area contributed by atoms with Crippen molar-refractivity contribution in [3.05, 3.63) is 54.0 Å². The van der Waals surface area contributed by atoms with Crippen LogP contribution >= 0.6 is 11.9 Å². The molecule has 0 aliphatic carbocycles. The molecule has 0 fully saturated rings. The lowest BCUT2D eigenvalue weighted by Crippen LogP contribution is -2.15. The van der Waals surface area contributed by atoms with Gasteiger partial charge < -0.3 is 4.90 Å². The molecule has 1 aliphatic rings. The molecular formula is C18H17FN2S. The molecule has 2 aromatic carbocycles. The minimum atomic E-state index is -0.184. The molecule has 2 bridgehead atoms. The number of hydrogen-bond donors (Lipinski definition) is 0. The molecule has 4 rings (SSSR count). The minimum absolute atomic E-state index is 0.184. The normalized spacial score (nSPS) is 12.9. The van der Waals surface area contributed by atoms with Crippen LogP contribution in [0, 0.1) is 5.82 Å². The van der Waals surface area contributed by atoms with Crippen molar-refractivity contribution in [1.29, 1.82) is 0 Å². The molecule has 1 aromatic heterocycles. The highest BCUT2D eigenvalue weighted by Gasteiger charge is 2.20. The largest absolute Gasteiger partial charge is 0.309 e. The molecule has 0 N–H and O–H groups in total. The fourth-order valence-electron chi connectivity index (χ4n) is 2.94. The summed E-state index contributed by atoms with van der Waals surface area (Å²) in [6.45, 7) is 1.04. The highest BCUT2D eigenvalue weighted by atomic mass is 32.2. The fourth-order valence-corrected chi connectivity index (χ4v) is 4.04.